The molecule has 0 spiro atoms. The van der Waals surface area contributed by atoms with Gasteiger partial charge in [-0.2, -0.15) is 25.3 Å². The molecule has 0 bridgehead atoms. The van der Waals surface area contributed by atoms with Gasteiger partial charge in [-0.3, -0.25) is 0 Å². The minimum absolute atomic E-state index is 0.395. The first kappa shape index (κ1) is 28.1. The molecule has 39 heavy (non-hydrogen) atoms. The van der Waals surface area contributed by atoms with Gasteiger partial charge in [0.1, 0.15) is 17.3 Å². The molecule has 0 amide bonds. The molecule has 4 aromatic rings. The fourth-order valence-electron chi connectivity index (χ4n) is 3.53. The van der Waals surface area contributed by atoms with Crippen LogP contribution in [0.15, 0.2) is 109 Å². The van der Waals surface area contributed by atoms with Crippen LogP contribution in [0, 0.1) is 0 Å². The second kappa shape index (κ2) is 11.9. The topological polar surface area (TPSA) is 130 Å². The van der Waals surface area contributed by atoms with Crippen molar-refractivity contribution in [3.8, 4) is 17.2 Å². The molecule has 0 aliphatic carbocycles. The van der Waals surface area contributed by atoms with Crippen molar-refractivity contribution in [1.29, 1.82) is 0 Å². The Labute approximate surface area is 228 Å². The van der Waals surface area contributed by atoms with Gasteiger partial charge in [0.2, 0.25) is 5.75 Å². The van der Waals surface area contributed by atoms with Crippen molar-refractivity contribution in [2.75, 3.05) is 0 Å². The fourth-order valence-corrected chi connectivity index (χ4v) is 6.74. The highest BCUT2D eigenvalue weighted by Crippen LogP contribution is 2.40. The normalized spacial score (nSPS) is 12.0. The van der Waals surface area contributed by atoms with Gasteiger partial charge in [0.25, 0.3) is 0 Å². The molecular formula is C27H24O9S3. The zero-order valence-corrected chi connectivity index (χ0v) is 22.9. The summed E-state index contributed by atoms with van der Waals surface area (Å²) in [5.74, 6) is -3.43. The van der Waals surface area contributed by atoms with Gasteiger partial charge in [-0.25, -0.2) is 0 Å². The smallest absolute Gasteiger partial charge is 0.313 e. The highest BCUT2D eigenvalue weighted by molar-refractivity contribution is 7.87. The Morgan fingerprint density at radius 1 is 0.385 bits per heavy atom. The van der Waals surface area contributed by atoms with Crippen LogP contribution in [-0.2, 0) is 47.6 Å². The SMILES string of the molecule is O=S(=O)(Cc1ccccc1)Oc1cccc(OS(=O)(=O)Cc2ccccc2)c1OS(=O)(=O)Cc1ccccc1. The second-order valence-electron chi connectivity index (χ2n) is 8.40. The van der Waals surface area contributed by atoms with Gasteiger partial charge >= 0.3 is 30.4 Å². The summed E-state index contributed by atoms with van der Waals surface area (Å²) in [6.07, 6.45) is 0. The van der Waals surface area contributed by atoms with Gasteiger partial charge in [-0.15, -0.1) is 0 Å². The minimum Gasteiger partial charge on any atom is -0.378 e. The summed E-state index contributed by atoms with van der Waals surface area (Å²) in [6, 6.07) is 28.1. The summed E-state index contributed by atoms with van der Waals surface area (Å²) in [6.45, 7) is 0. The van der Waals surface area contributed by atoms with Crippen molar-refractivity contribution in [3.63, 3.8) is 0 Å². The first-order valence-electron chi connectivity index (χ1n) is 11.5. The molecule has 0 N–H and O–H groups in total. The van der Waals surface area contributed by atoms with Crippen LogP contribution in [0.1, 0.15) is 16.7 Å². The van der Waals surface area contributed by atoms with E-state index < -0.39 is 64.9 Å². The van der Waals surface area contributed by atoms with E-state index in [9.17, 15) is 25.3 Å². The standard InChI is InChI=1S/C27H24O9S3/c28-37(29,19-22-11-4-1-5-12-22)34-25-17-10-18-26(35-38(30,31)20-23-13-6-2-7-14-23)27(25)36-39(32,33)21-24-15-8-3-9-16-24/h1-18H,19-21H2. The summed E-state index contributed by atoms with van der Waals surface area (Å²) in [5.41, 5.74) is 1.25. The van der Waals surface area contributed by atoms with E-state index in [2.05, 4.69) is 0 Å². The predicted octanol–water partition coefficient (Wildman–Crippen LogP) is 4.41. The quantitative estimate of drug-likeness (QED) is 0.221. The monoisotopic (exact) mass is 588 g/mol. The number of rotatable bonds is 12. The number of para-hydroxylation sites is 1. The van der Waals surface area contributed by atoms with Crippen LogP contribution in [0.2, 0.25) is 0 Å². The van der Waals surface area contributed by atoms with Crippen LogP contribution in [0.5, 0.6) is 17.2 Å². The number of benzene rings is 4. The molecule has 204 valence electrons. The van der Waals surface area contributed by atoms with E-state index in [1.807, 2.05) is 0 Å². The third kappa shape index (κ3) is 8.57. The average Bonchev–Trinajstić information content (AvgIpc) is 2.86. The summed E-state index contributed by atoms with van der Waals surface area (Å²) in [5, 5.41) is 0. The molecule has 12 heteroatoms. The molecule has 9 nitrogen and oxygen atoms in total. The van der Waals surface area contributed by atoms with Crippen LogP contribution in [0.25, 0.3) is 0 Å². The van der Waals surface area contributed by atoms with Crippen LogP contribution >= 0.6 is 0 Å². The molecule has 0 fully saturated rings. The molecule has 4 rings (SSSR count). The first-order chi connectivity index (χ1) is 18.5. The molecule has 0 unspecified atom stereocenters. The maximum atomic E-state index is 13.0. The third-order valence-electron chi connectivity index (χ3n) is 5.15. The molecule has 4 aromatic carbocycles. The van der Waals surface area contributed by atoms with Gasteiger partial charge < -0.3 is 12.5 Å². The first-order valence-corrected chi connectivity index (χ1v) is 16.2. The van der Waals surface area contributed by atoms with E-state index in [1.54, 1.807) is 91.0 Å². The Bertz CT molecular complexity index is 1630. The van der Waals surface area contributed by atoms with Gasteiger partial charge in [0.05, 0.1) is 0 Å². The third-order valence-corrected chi connectivity index (χ3v) is 8.49. The van der Waals surface area contributed by atoms with Crippen molar-refractivity contribution >= 4 is 30.4 Å². The van der Waals surface area contributed by atoms with Crippen molar-refractivity contribution < 1.29 is 37.8 Å². The molecule has 0 heterocycles. The zero-order chi connectivity index (χ0) is 27.9. The largest absolute Gasteiger partial charge is 0.378 e. The van der Waals surface area contributed by atoms with E-state index in [4.69, 9.17) is 12.5 Å². The summed E-state index contributed by atoms with van der Waals surface area (Å²) in [7, 11) is -13.0. The number of hydrogen-bond donors (Lipinski definition) is 0. The van der Waals surface area contributed by atoms with E-state index in [0.717, 1.165) is 12.1 Å². The van der Waals surface area contributed by atoms with E-state index in [0.29, 0.717) is 16.7 Å². The van der Waals surface area contributed by atoms with Gasteiger partial charge in [-0.05, 0) is 28.8 Å². The van der Waals surface area contributed by atoms with Crippen LogP contribution < -0.4 is 12.5 Å². The molecule has 0 atom stereocenters. The van der Waals surface area contributed by atoms with Crippen molar-refractivity contribution in [2.45, 2.75) is 17.3 Å². The Hall–Kier alpha value is -3.87. The van der Waals surface area contributed by atoms with Crippen molar-refractivity contribution in [2.24, 2.45) is 0 Å². The Kier molecular flexibility index (Phi) is 8.58. The summed E-state index contributed by atoms with van der Waals surface area (Å²) >= 11 is 0. The molecule has 0 aliphatic heterocycles. The van der Waals surface area contributed by atoms with Gasteiger partial charge in [0, 0.05) is 0 Å². The highest BCUT2D eigenvalue weighted by atomic mass is 32.2. The van der Waals surface area contributed by atoms with Gasteiger partial charge in [0.15, 0.2) is 11.5 Å². The Morgan fingerprint density at radius 3 is 1.03 bits per heavy atom. The van der Waals surface area contributed by atoms with Crippen molar-refractivity contribution in [1.82, 2.24) is 0 Å². The fraction of sp³-hybridized carbons (Fsp3) is 0.111. The van der Waals surface area contributed by atoms with Crippen molar-refractivity contribution in [3.05, 3.63) is 126 Å². The molecule has 0 radical (unpaired) electrons. The summed E-state index contributed by atoms with van der Waals surface area (Å²) < 4.78 is 92.9. The summed E-state index contributed by atoms with van der Waals surface area (Å²) in [4.78, 5) is 0. The van der Waals surface area contributed by atoms with Crippen LogP contribution in [-0.4, -0.2) is 25.3 Å². The Morgan fingerprint density at radius 2 is 0.692 bits per heavy atom. The van der Waals surface area contributed by atoms with Gasteiger partial charge in [-0.1, -0.05) is 97.1 Å². The highest BCUT2D eigenvalue weighted by Gasteiger charge is 2.27. The molecule has 0 aromatic heterocycles. The lowest BCUT2D eigenvalue weighted by molar-refractivity contribution is 0.427. The second-order valence-corrected chi connectivity index (χ2v) is 13.1. The molecule has 0 saturated carbocycles. The minimum atomic E-state index is -4.41. The molecular weight excluding hydrogens is 564 g/mol. The van der Waals surface area contributed by atoms with E-state index >= 15 is 0 Å². The maximum Gasteiger partial charge on any atom is 0.313 e. The van der Waals surface area contributed by atoms with E-state index in [1.165, 1.54) is 6.07 Å². The predicted molar refractivity (Wildman–Crippen MR) is 146 cm³/mol. The average molecular weight is 589 g/mol. The van der Waals surface area contributed by atoms with Crippen LogP contribution in [0.4, 0.5) is 0 Å². The maximum absolute atomic E-state index is 13.0. The zero-order valence-electron chi connectivity index (χ0n) is 20.4. The lowest BCUT2D eigenvalue weighted by atomic mass is 10.2. The van der Waals surface area contributed by atoms with E-state index in [-0.39, 0.29) is 0 Å². The lowest BCUT2D eigenvalue weighted by Gasteiger charge is -2.16. The molecule has 0 aliphatic rings. The van der Waals surface area contributed by atoms with Crippen LogP contribution in [0.3, 0.4) is 0 Å². The number of hydrogen-bond acceptors (Lipinski definition) is 9. The Balaban J connectivity index is 1.68. The lowest BCUT2D eigenvalue weighted by Crippen LogP contribution is -2.18. The molecule has 0 saturated heterocycles.